The molecule has 0 radical (unpaired) electrons. The molecule has 0 unspecified atom stereocenters. The second-order valence-electron chi connectivity index (χ2n) is 7.83. The monoisotopic (exact) mass is 417 g/mol. The fraction of sp³-hybridized carbons (Fsp3) is 0.250. The molecule has 7 nitrogen and oxygen atoms in total. The number of fused-ring (bicyclic) bond motifs is 1. The molecule has 0 atom stereocenters. The number of esters is 1. The summed E-state index contributed by atoms with van der Waals surface area (Å²) in [6, 6.07) is 14.3. The van der Waals surface area contributed by atoms with E-state index < -0.39 is 11.5 Å². The van der Waals surface area contributed by atoms with E-state index in [1.165, 1.54) is 4.40 Å². The molecule has 0 aliphatic rings. The van der Waals surface area contributed by atoms with E-state index >= 15 is 0 Å². The maximum Gasteiger partial charge on any atom is 0.348 e. The Hall–Kier alpha value is -3.92. The third-order valence-corrected chi connectivity index (χ3v) is 4.57. The quantitative estimate of drug-likeness (QED) is 0.350. The fourth-order valence-electron chi connectivity index (χ4n) is 2.91. The third kappa shape index (κ3) is 4.81. The maximum absolute atomic E-state index is 13.1. The van der Waals surface area contributed by atoms with Crippen LogP contribution in [0.3, 0.4) is 0 Å². The molecule has 0 amide bonds. The van der Waals surface area contributed by atoms with Crippen LogP contribution in [0.15, 0.2) is 59.0 Å². The molecule has 158 valence electrons. The summed E-state index contributed by atoms with van der Waals surface area (Å²) in [5.41, 5.74) is 0.677. The summed E-state index contributed by atoms with van der Waals surface area (Å²) in [4.78, 5) is 29.6. The van der Waals surface area contributed by atoms with E-state index in [-0.39, 0.29) is 29.0 Å². The van der Waals surface area contributed by atoms with Crippen LogP contribution in [-0.4, -0.2) is 22.0 Å². The van der Waals surface area contributed by atoms with Crippen molar-refractivity contribution in [1.29, 1.82) is 5.26 Å². The summed E-state index contributed by atoms with van der Waals surface area (Å²) in [5.74, 6) is -0.343. The van der Waals surface area contributed by atoms with Crippen LogP contribution < -0.4 is 10.3 Å². The molecular weight excluding hydrogens is 394 g/mol. The largest absolute Gasteiger partial charge is 0.462 e. The third-order valence-electron chi connectivity index (χ3n) is 4.57. The van der Waals surface area contributed by atoms with E-state index in [2.05, 4.69) is 25.8 Å². The van der Waals surface area contributed by atoms with Gasteiger partial charge in [0.15, 0.2) is 0 Å². The molecule has 2 aromatic heterocycles. The summed E-state index contributed by atoms with van der Waals surface area (Å²) >= 11 is 0. The molecule has 3 rings (SSSR count). The topological polar surface area (TPSA) is 93.7 Å². The van der Waals surface area contributed by atoms with E-state index in [4.69, 9.17) is 9.47 Å². The first-order chi connectivity index (χ1) is 14.7. The van der Waals surface area contributed by atoms with Gasteiger partial charge in [-0.1, -0.05) is 39.0 Å². The number of ether oxygens (including phenoxy) is 2. The predicted octanol–water partition coefficient (Wildman–Crippen LogP) is 4.25. The van der Waals surface area contributed by atoms with Crippen LogP contribution in [0.4, 0.5) is 0 Å². The second-order valence-corrected chi connectivity index (χ2v) is 7.83. The Labute approximate surface area is 180 Å². The van der Waals surface area contributed by atoms with Crippen molar-refractivity contribution >= 4 is 17.7 Å². The van der Waals surface area contributed by atoms with Crippen molar-refractivity contribution in [3.05, 3.63) is 75.7 Å². The Morgan fingerprint density at radius 1 is 1.19 bits per heavy atom. The standard InChI is InChI=1S/C24H23N3O4/c1-5-30-23(29)16(15-25)14-19-21(26-20-8-6-7-13-27(20)22(19)28)31-18-11-9-17(10-12-18)24(2,3)4/h6-14H,5H2,1-4H3. The normalized spacial score (nSPS) is 11.8. The van der Waals surface area contributed by atoms with Gasteiger partial charge in [-0.15, -0.1) is 0 Å². The van der Waals surface area contributed by atoms with Crippen LogP contribution in [0.5, 0.6) is 11.6 Å². The highest BCUT2D eigenvalue weighted by Crippen LogP contribution is 2.28. The molecule has 0 saturated heterocycles. The van der Waals surface area contributed by atoms with Crippen molar-refractivity contribution in [1.82, 2.24) is 9.38 Å². The van der Waals surface area contributed by atoms with E-state index in [1.54, 1.807) is 49.5 Å². The van der Waals surface area contributed by atoms with Crippen molar-refractivity contribution in [2.24, 2.45) is 0 Å². The molecule has 2 heterocycles. The molecule has 0 spiro atoms. The van der Waals surface area contributed by atoms with Gasteiger partial charge in [-0.2, -0.15) is 10.2 Å². The van der Waals surface area contributed by atoms with Crippen molar-refractivity contribution in [2.75, 3.05) is 6.61 Å². The SMILES string of the molecule is CCOC(=O)C(C#N)=Cc1c(Oc2ccc(C(C)(C)C)cc2)nc2ccccn2c1=O. The highest BCUT2D eigenvalue weighted by Gasteiger charge is 2.18. The zero-order valence-corrected chi connectivity index (χ0v) is 17.9. The van der Waals surface area contributed by atoms with Gasteiger partial charge in [0, 0.05) is 6.20 Å². The number of nitriles is 1. The number of rotatable bonds is 5. The molecule has 0 aliphatic heterocycles. The zero-order chi connectivity index (χ0) is 22.6. The molecule has 0 N–H and O–H groups in total. The first kappa shape index (κ1) is 21.8. The van der Waals surface area contributed by atoms with E-state index in [9.17, 15) is 14.9 Å². The van der Waals surface area contributed by atoms with Crippen molar-refractivity contribution in [3.63, 3.8) is 0 Å². The fourth-order valence-corrected chi connectivity index (χ4v) is 2.91. The number of nitrogens with zero attached hydrogens (tertiary/aromatic N) is 3. The Morgan fingerprint density at radius 3 is 2.52 bits per heavy atom. The van der Waals surface area contributed by atoms with Gasteiger partial charge in [-0.05, 0) is 48.2 Å². The molecule has 0 aliphatic carbocycles. The number of hydrogen-bond acceptors (Lipinski definition) is 6. The number of pyridine rings is 1. The number of aromatic nitrogens is 2. The van der Waals surface area contributed by atoms with Crippen molar-refractivity contribution in [3.8, 4) is 17.7 Å². The summed E-state index contributed by atoms with van der Waals surface area (Å²) in [6.07, 6.45) is 2.71. The summed E-state index contributed by atoms with van der Waals surface area (Å²) in [7, 11) is 0. The lowest BCUT2D eigenvalue weighted by molar-refractivity contribution is -0.137. The van der Waals surface area contributed by atoms with Crippen LogP contribution >= 0.6 is 0 Å². The summed E-state index contributed by atoms with van der Waals surface area (Å²) < 4.78 is 12.1. The van der Waals surface area contributed by atoms with Crippen LogP contribution in [0, 0.1) is 11.3 Å². The molecule has 7 heteroatoms. The second kappa shape index (κ2) is 8.84. The lowest BCUT2D eigenvalue weighted by atomic mass is 9.87. The van der Waals surface area contributed by atoms with Crippen molar-refractivity contribution < 1.29 is 14.3 Å². The molecule has 1 aromatic carbocycles. The number of hydrogen-bond donors (Lipinski definition) is 0. The zero-order valence-electron chi connectivity index (χ0n) is 17.9. The van der Waals surface area contributed by atoms with Crippen LogP contribution in [0.25, 0.3) is 11.7 Å². The minimum absolute atomic E-state index is 0.00300. The lowest BCUT2D eigenvalue weighted by Gasteiger charge is -2.19. The minimum atomic E-state index is -0.817. The molecule has 0 saturated carbocycles. The number of carbonyl (C=O) groups excluding carboxylic acids is 1. The van der Waals surface area contributed by atoms with Gasteiger partial charge in [0.05, 0.1) is 6.61 Å². The first-order valence-corrected chi connectivity index (χ1v) is 9.83. The van der Waals surface area contributed by atoms with Gasteiger partial charge in [0.25, 0.3) is 5.56 Å². The highest BCUT2D eigenvalue weighted by atomic mass is 16.5. The van der Waals surface area contributed by atoms with Crippen LogP contribution in [0.2, 0.25) is 0 Å². The Balaban J connectivity index is 2.14. The average molecular weight is 417 g/mol. The van der Waals surface area contributed by atoms with Gasteiger partial charge >= 0.3 is 5.97 Å². The first-order valence-electron chi connectivity index (χ1n) is 9.83. The van der Waals surface area contributed by atoms with Gasteiger partial charge < -0.3 is 9.47 Å². The molecular formula is C24H23N3O4. The Morgan fingerprint density at radius 2 is 1.90 bits per heavy atom. The predicted molar refractivity (Wildman–Crippen MR) is 117 cm³/mol. The van der Waals surface area contributed by atoms with E-state index in [0.717, 1.165) is 11.6 Å². The number of carbonyl (C=O) groups is 1. The van der Waals surface area contributed by atoms with Gasteiger partial charge in [-0.3, -0.25) is 9.20 Å². The molecule has 0 bridgehead atoms. The van der Waals surface area contributed by atoms with E-state index in [0.29, 0.717) is 11.4 Å². The Kier molecular flexibility index (Phi) is 6.21. The lowest BCUT2D eigenvalue weighted by Crippen LogP contribution is -2.19. The van der Waals surface area contributed by atoms with Crippen LogP contribution in [-0.2, 0) is 14.9 Å². The van der Waals surface area contributed by atoms with Gasteiger partial charge in [0.2, 0.25) is 5.88 Å². The molecule has 0 fully saturated rings. The van der Waals surface area contributed by atoms with Gasteiger partial charge in [0.1, 0.15) is 28.6 Å². The maximum atomic E-state index is 13.1. The average Bonchev–Trinajstić information content (AvgIpc) is 2.73. The van der Waals surface area contributed by atoms with Gasteiger partial charge in [-0.25, -0.2) is 4.79 Å². The summed E-state index contributed by atoms with van der Waals surface area (Å²) in [6.45, 7) is 8.06. The van der Waals surface area contributed by atoms with Crippen LogP contribution in [0.1, 0.15) is 38.8 Å². The molecule has 31 heavy (non-hydrogen) atoms. The summed E-state index contributed by atoms with van der Waals surface area (Å²) in [5, 5.41) is 9.39. The molecule has 3 aromatic rings. The number of benzene rings is 1. The Bertz CT molecular complexity index is 1240. The minimum Gasteiger partial charge on any atom is -0.462 e. The highest BCUT2D eigenvalue weighted by molar-refractivity contribution is 5.98. The van der Waals surface area contributed by atoms with Crippen molar-refractivity contribution in [2.45, 2.75) is 33.1 Å². The smallest absolute Gasteiger partial charge is 0.348 e. The van der Waals surface area contributed by atoms with E-state index in [1.807, 2.05) is 12.1 Å².